The maximum absolute atomic E-state index is 11.6. The Labute approximate surface area is 83.5 Å². The highest BCUT2D eigenvalue weighted by Crippen LogP contribution is 2.35. The van der Waals surface area contributed by atoms with Crippen LogP contribution in [0.15, 0.2) is 16.9 Å². The average Bonchev–Trinajstić information content (AvgIpc) is 2.91. The maximum Gasteiger partial charge on any atom is 0.326 e. The first kappa shape index (κ1) is 9.31. The zero-order valence-electron chi connectivity index (χ0n) is 8.71. The van der Waals surface area contributed by atoms with Crippen LogP contribution in [0.2, 0.25) is 0 Å². The minimum atomic E-state index is 0.0597. The van der Waals surface area contributed by atoms with Gasteiger partial charge < -0.3 is 4.98 Å². The van der Waals surface area contributed by atoms with E-state index in [1.165, 1.54) is 0 Å². The van der Waals surface area contributed by atoms with E-state index in [1.807, 2.05) is 24.5 Å². The van der Waals surface area contributed by atoms with Crippen LogP contribution in [0.25, 0.3) is 0 Å². The molecule has 0 aromatic carbocycles. The van der Waals surface area contributed by atoms with E-state index in [0.29, 0.717) is 6.04 Å². The van der Waals surface area contributed by atoms with Gasteiger partial charge in [0.15, 0.2) is 0 Å². The fourth-order valence-corrected chi connectivity index (χ4v) is 1.80. The molecular formula is C11H16N2O. The van der Waals surface area contributed by atoms with Gasteiger partial charge in [-0.3, -0.25) is 4.57 Å². The van der Waals surface area contributed by atoms with Crippen LogP contribution in [0.3, 0.4) is 0 Å². The Kier molecular flexibility index (Phi) is 2.32. The highest BCUT2D eigenvalue weighted by Gasteiger charge is 2.28. The molecule has 1 saturated carbocycles. The molecular weight excluding hydrogens is 176 g/mol. The van der Waals surface area contributed by atoms with Crippen molar-refractivity contribution in [2.24, 2.45) is 0 Å². The lowest BCUT2D eigenvalue weighted by molar-refractivity contribution is 0.678. The predicted octanol–water partition coefficient (Wildman–Crippen LogP) is 1.94. The summed E-state index contributed by atoms with van der Waals surface area (Å²) in [6.45, 7) is 3.97. The summed E-state index contributed by atoms with van der Waals surface area (Å²) in [4.78, 5) is 14.5. The Morgan fingerprint density at radius 1 is 1.57 bits per heavy atom. The smallest absolute Gasteiger partial charge is 0.310 e. The molecule has 14 heavy (non-hydrogen) atoms. The molecule has 76 valence electrons. The molecule has 1 aromatic heterocycles. The zero-order valence-corrected chi connectivity index (χ0v) is 8.71. The SMILES string of the molecule is C/C=C\Cc1c(C)[nH]c(=O)n1C1CC1. The number of aryl methyl sites for hydroxylation is 1. The Hall–Kier alpha value is -1.25. The summed E-state index contributed by atoms with van der Waals surface area (Å²) in [5, 5.41) is 0. The highest BCUT2D eigenvalue weighted by molar-refractivity contribution is 5.17. The van der Waals surface area contributed by atoms with Crippen molar-refractivity contribution in [1.82, 2.24) is 9.55 Å². The lowest BCUT2D eigenvalue weighted by atomic mass is 10.2. The van der Waals surface area contributed by atoms with Crippen LogP contribution in [-0.2, 0) is 6.42 Å². The van der Waals surface area contributed by atoms with E-state index in [2.05, 4.69) is 11.1 Å². The van der Waals surface area contributed by atoms with Crippen LogP contribution in [0, 0.1) is 6.92 Å². The summed E-state index contributed by atoms with van der Waals surface area (Å²) >= 11 is 0. The molecule has 0 saturated heterocycles. The lowest BCUT2D eigenvalue weighted by Gasteiger charge is -2.03. The number of aromatic nitrogens is 2. The van der Waals surface area contributed by atoms with Crippen LogP contribution < -0.4 is 5.69 Å². The molecule has 1 heterocycles. The molecule has 0 radical (unpaired) electrons. The Bertz CT molecular complexity index is 407. The van der Waals surface area contributed by atoms with Gasteiger partial charge in [0.2, 0.25) is 0 Å². The summed E-state index contributed by atoms with van der Waals surface area (Å²) < 4.78 is 1.93. The van der Waals surface area contributed by atoms with Crippen LogP contribution in [0.5, 0.6) is 0 Å². The number of nitrogens with zero attached hydrogens (tertiary/aromatic N) is 1. The average molecular weight is 192 g/mol. The van der Waals surface area contributed by atoms with E-state index in [1.54, 1.807) is 0 Å². The number of rotatable bonds is 3. The van der Waals surface area contributed by atoms with Crippen LogP contribution in [0.1, 0.15) is 37.2 Å². The first-order valence-corrected chi connectivity index (χ1v) is 5.15. The molecule has 0 spiro atoms. The van der Waals surface area contributed by atoms with E-state index >= 15 is 0 Å². The van der Waals surface area contributed by atoms with Crippen LogP contribution >= 0.6 is 0 Å². The standard InChI is InChI=1S/C11H16N2O/c1-3-4-5-10-8(2)12-11(14)13(10)9-6-7-9/h3-4,9H,5-7H2,1-2H3,(H,12,14)/b4-3-. The number of aromatic amines is 1. The summed E-state index contributed by atoms with van der Waals surface area (Å²) in [7, 11) is 0. The zero-order chi connectivity index (χ0) is 10.1. The van der Waals surface area contributed by atoms with Crippen LogP contribution in [0.4, 0.5) is 0 Å². The first-order valence-electron chi connectivity index (χ1n) is 5.15. The van der Waals surface area contributed by atoms with Gasteiger partial charge in [-0.25, -0.2) is 4.79 Å². The molecule has 0 aliphatic heterocycles. The fraction of sp³-hybridized carbons (Fsp3) is 0.545. The minimum Gasteiger partial charge on any atom is -0.310 e. The predicted molar refractivity (Wildman–Crippen MR) is 56.6 cm³/mol. The number of H-pyrrole nitrogens is 1. The van der Waals surface area contributed by atoms with Gasteiger partial charge in [-0.15, -0.1) is 0 Å². The van der Waals surface area contributed by atoms with E-state index in [9.17, 15) is 4.79 Å². The van der Waals surface area contributed by atoms with E-state index < -0.39 is 0 Å². The molecule has 1 aliphatic rings. The molecule has 1 aliphatic carbocycles. The van der Waals surface area contributed by atoms with Crippen molar-refractivity contribution in [3.63, 3.8) is 0 Å². The third kappa shape index (κ3) is 1.54. The Morgan fingerprint density at radius 3 is 2.86 bits per heavy atom. The topological polar surface area (TPSA) is 37.8 Å². The molecule has 1 fully saturated rings. The molecule has 1 aromatic rings. The number of nitrogens with one attached hydrogen (secondary N) is 1. The Morgan fingerprint density at radius 2 is 2.29 bits per heavy atom. The van der Waals surface area contributed by atoms with Gasteiger partial charge in [0.25, 0.3) is 0 Å². The molecule has 0 unspecified atom stereocenters. The van der Waals surface area contributed by atoms with Crippen molar-refractivity contribution in [3.05, 3.63) is 34.0 Å². The monoisotopic (exact) mass is 192 g/mol. The number of hydrogen-bond donors (Lipinski definition) is 1. The molecule has 0 amide bonds. The third-order valence-electron chi connectivity index (χ3n) is 2.70. The van der Waals surface area contributed by atoms with Gasteiger partial charge in [0, 0.05) is 23.9 Å². The molecule has 0 bridgehead atoms. The number of allylic oxidation sites excluding steroid dienone is 2. The summed E-state index contributed by atoms with van der Waals surface area (Å²) in [6.07, 6.45) is 7.28. The number of hydrogen-bond acceptors (Lipinski definition) is 1. The van der Waals surface area contributed by atoms with Crippen molar-refractivity contribution in [1.29, 1.82) is 0 Å². The second kappa shape index (κ2) is 3.48. The number of imidazole rings is 1. The van der Waals surface area contributed by atoms with Crippen molar-refractivity contribution in [2.75, 3.05) is 0 Å². The van der Waals surface area contributed by atoms with Gasteiger partial charge in [-0.05, 0) is 26.7 Å². The van der Waals surface area contributed by atoms with Crippen molar-refractivity contribution in [2.45, 2.75) is 39.2 Å². The molecule has 2 rings (SSSR count). The maximum atomic E-state index is 11.6. The summed E-state index contributed by atoms with van der Waals surface area (Å²) in [6, 6.07) is 0.465. The summed E-state index contributed by atoms with van der Waals surface area (Å²) in [5.41, 5.74) is 2.22. The Balaban J connectivity index is 2.39. The van der Waals surface area contributed by atoms with Gasteiger partial charge in [-0.2, -0.15) is 0 Å². The van der Waals surface area contributed by atoms with Gasteiger partial charge >= 0.3 is 5.69 Å². The largest absolute Gasteiger partial charge is 0.326 e. The molecule has 3 heteroatoms. The van der Waals surface area contributed by atoms with Crippen molar-refractivity contribution < 1.29 is 0 Å². The minimum absolute atomic E-state index is 0.0597. The molecule has 0 atom stereocenters. The quantitative estimate of drug-likeness (QED) is 0.730. The van der Waals surface area contributed by atoms with E-state index in [4.69, 9.17) is 0 Å². The van der Waals surface area contributed by atoms with E-state index in [-0.39, 0.29) is 5.69 Å². The second-order valence-electron chi connectivity index (χ2n) is 3.88. The fourth-order valence-electron chi connectivity index (χ4n) is 1.80. The third-order valence-corrected chi connectivity index (χ3v) is 2.70. The highest BCUT2D eigenvalue weighted by atomic mass is 16.1. The van der Waals surface area contributed by atoms with Gasteiger partial charge in [0.05, 0.1) is 0 Å². The van der Waals surface area contributed by atoms with Gasteiger partial charge in [0.1, 0.15) is 0 Å². The lowest BCUT2D eigenvalue weighted by Crippen LogP contribution is -2.17. The first-order chi connectivity index (χ1) is 6.74. The second-order valence-corrected chi connectivity index (χ2v) is 3.88. The molecule has 1 N–H and O–H groups in total. The van der Waals surface area contributed by atoms with Crippen LogP contribution in [-0.4, -0.2) is 9.55 Å². The molecule has 3 nitrogen and oxygen atoms in total. The normalized spacial score (nSPS) is 16.7. The van der Waals surface area contributed by atoms with Crippen molar-refractivity contribution in [3.8, 4) is 0 Å². The van der Waals surface area contributed by atoms with Gasteiger partial charge in [-0.1, -0.05) is 12.2 Å². The summed E-state index contributed by atoms with van der Waals surface area (Å²) in [5.74, 6) is 0. The van der Waals surface area contributed by atoms with Crippen molar-refractivity contribution >= 4 is 0 Å². The van der Waals surface area contributed by atoms with E-state index in [0.717, 1.165) is 30.7 Å².